The summed E-state index contributed by atoms with van der Waals surface area (Å²) in [5, 5.41) is 0.155. The highest BCUT2D eigenvalue weighted by Crippen LogP contribution is 2.31. The molecule has 1 atom stereocenters. The SMILES string of the molecule is CC(=O)C[C@@H](CC(=O)SC(C)(C)C)c1ccccc1. The van der Waals surface area contributed by atoms with Crippen LogP contribution < -0.4 is 0 Å². The first kappa shape index (κ1) is 16.0. The maximum Gasteiger partial charge on any atom is 0.190 e. The Balaban J connectivity index is 2.76. The minimum atomic E-state index is -0.0749. The molecule has 0 spiro atoms. The van der Waals surface area contributed by atoms with Gasteiger partial charge in [0.1, 0.15) is 5.78 Å². The van der Waals surface area contributed by atoms with Crippen molar-refractivity contribution < 1.29 is 9.59 Å². The molecule has 3 heteroatoms. The van der Waals surface area contributed by atoms with Gasteiger partial charge in [0.25, 0.3) is 0 Å². The topological polar surface area (TPSA) is 34.1 Å². The molecule has 0 saturated carbocycles. The Morgan fingerprint density at radius 1 is 1.11 bits per heavy atom. The lowest BCUT2D eigenvalue weighted by Gasteiger charge is -2.19. The van der Waals surface area contributed by atoms with Gasteiger partial charge in [-0.1, -0.05) is 62.9 Å². The summed E-state index contributed by atoms with van der Waals surface area (Å²) in [6.45, 7) is 7.66. The van der Waals surface area contributed by atoms with E-state index in [1.54, 1.807) is 6.92 Å². The van der Waals surface area contributed by atoms with Gasteiger partial charge < -0.3 is 4.79 Å². The van der Waals surface area contributed by atoms with E-state index in [0.29, 0.717) is 12.8 Å². The van der Waals surface area contributed by atoms with Gasteiger partial charge in [0, 0.05) is 17.6 Å². The summed E-state index contributed by atoms with van der Waals surface area (Å²) in [4.78, 5) is 23.5. The Morgan fingerprint density at radius 2 is 1.68 bits per heavy atom. The van der Waals surface area contributed by atoms with Gasteiger partial charge in [-0.25, -0.2) is 0 Å². The number of carbonyl (C=O) groups is 2. The predicted octanol–water partition coefficient (Wildman–Crippen LogP) is 4.20. The molecule has 0 saturated heterocycles. The fraction of sp³-hybridized carbons (Fsp3) is 0.500. The number of Topliss-reactive ketones (excluding diaryl/α,β-unsaturated/α-hetero) is 1. The number of benzene rings is 1. The zero-order valence-electron chi connectivity index (χ0n) is 12.1. The predicted molar refractivity (Wildman–Crippen MR) is 81.4 cm³/mol. The highest BCUT2D eigenvalue weighted by Gasteiger charge is 2.22. The number of carbonyl (C=O) groups excluding carboxylic acids is 2. The number of hydrogen-bond donors (Lipinski definition) is 0. The molecule has 104 valence electrons. The molecule has 0 radical (unpaired) electrons. The molecular formula is C16H22O2S. The van der Waals surface area contributed by atoms with E-state index in [0.717, 1.165) is 5.56 Å². The molecule has 0 aromatic heterocycles. The van der Waals surface area contributed by atoms with Crippen molar-refractivity contribution >= 4 is 22.7 Å². The van der Waals surface area contributed by atoms with Crippen LogP contribution in [0, 0.1) is 0 Å². The Bertz CT molecular complexity index is 432. The fourth-order valence-corrected chi connectivity index (χ4v) is 2.93. The van der Waals surface area contributed by atoms with Gasteiger partial charge in [-0.2, -0.15) is 0 Å². The summed E-state index contributed by atoms with van der Waals surface area (Å²) in [5.74, 6) is 0.128. The van der Waals surface area contributed by atoms with Crippen molar-refractivity contribution in [2.45, 2.75) is 51.2 Å². The molecule has 1 aromatic rings. The Morgan fingerprint density at radius 3 is 2.16 bits per heavy atom. The number of hydrogen-bond acceptors (Lipinski definition) is 3. The Labute approximate surface area is 120 Å². The maximum atomic E-state index is 12.1. The Kier molecular flexibility index (Phi) is 5.80. The first-order valence-electron chi connectivity index (χ1n) is 6.54. The quantitative estimate of drug-likeness (QED) is 0.809. The van der Waals surface area contributed by atoms with E-state index in [1.165, 1.54) is 11.8 Å². The van der Waals surface area contributed by atoms with Crippen LogP contribution in [0.2, 0.25) is 0 Å². The van der Waals surface area contributed by atoms with Gasteiger partial charge in [-0.3, -0.25) is 4.79 Å². The lowest BCUT2D eigenvalue weighted by molar-refractivity contribution is -0.117. The largest absolute Gasteiger partial charge is 0.300 e. The van der Waals surface area contributed by atoms with Crippen molar-refractivity contribution in [3.8, 4) is 0 Å². The van der Waals surface area contributed by atoms with Crippen LogP contribution in [-0.2, 0) is 9.59 Å². The number of rotatable bonds is 5. The minimum Gasteiger partial charge on any atom is -0.300 e. The zero-order valence-corrected chi connectivity index (χ0v) is 12.9. The van der Waals surface area contributed by atoms with Gasteiger partial charge in [0.15, 0.2) is 5.12 Å². The minimum absolute atomic E-state index is 0.000972. The monoisotopic (exact) mass is 278 g/mol. The molecule has 1 aromatic carbocycles. The molecule has 0 amide bonds. The summed E-state index contributed by atoms with van der Waals surface area (Å²) < 4.78 is -0.0749. The second-order valence-electron chi connectivity index (χ2n) is 5.80. The average molecular weight is 278 g/mol. The second kappa shape index (κ2) is 6.90. The fourth-order valence-electron chi connectivity index (χ4n) is 1.96. The van der Waals surface area contributed by atoms with Crippen molar-refractivity contribution in [3.63, 3.8) is 0 Å². The van der Waals surface area contributed by atoms with Crippen LogP contribution >= 0.6 is 11.8 Å². The van der Waals surface area contributed by atoms with Gasteiger partial charge >= 0.3 is 0 Å². The molecule has 0 heterocycles. The van der Waals surface area contributed by atoms with E-state index >= 15 is 0 Å². The van der Waals surface area contributed by atoms with Crippen LogP contribution in [-0.4, -0.2) is 15.6 Å². The molecule has 0 aliphatic heterocycles. The highest BCUT2D eigenvalue weighted by molar-refractivity contribution is 8.14. The third-order valence-corrected chi connectivity index (χ3v) is 3.64. The highest BCUT2D eigenvalue weighted by atomic mass is 32.2. The summed E-state index contributed by atoms with van der Waals surface area (Å²) in [5.41, 5.74) is 1.07. The van der Waals surface area contributed by atoms with Gasteiger partial charge in [0.05, 0.1) is 0 Å². The molecule has 0 N–H and O–H groups in total. The van der Waals surface area contributed by atoms with Crippen molar-refractivity contribution in [1.29, 1.82) is 0 Å². The molecule has 2 nitrogen and oxygen atoms in total. The number of thioether (sulfide) groups is 1. The summed E-state index contributed by atoms with van der Waals surface area (Å²) in [6.07, 6.45) is 0.853. The molecule has 0 unspecified atom stereocenters. The van der Waals surface area contributed by atoms with Crippen LogP contribution in [0.3, 0.4) is 0 Å². The molecular weight excluding hydrogens is 256 g/mol. The molecule has 0 fully saturated rings. The van der Waals surface area contributed by atoms with Crippen molar-refractivity contribution in [2.75, 3.05) is 0 Å². The van der Waals surface area contributed by atoms with Crippen LogP contribution in [0.15, 0.2) is 30.3 Å². The first-order valence-corrected chi connectivity index (χ1v) is 7.36. The lowest BCUT2D eigenvalue weighted by atomic mass is 9.91. The second-order valence-corrected chi connectivity index (χ2v) is 7.69. The normalized spacial score (nSPS) is 13.1. The van der Waals surface area contributed by atoms with Gasteiger partial charge in [-0.05, 0) is 18.4 Å². The van der Waals surface area contributed by atoms with E-state index in [1.807, 2.05) is 51.1 Å². The van der Waals surface area contributed by atoms with Crippen LogP contribution in [0.4, 0.5) is 0 Å². The summed E-state index contributed by atoms with van der Waals surface area (Å²) in [7, 11) is 0. The third-order valence-electron chi connectivity index (χ3n) is 2.64. The van der Waals surface area contributed by atoms with Crippen LogP contribution in [0.25, 0.3) is 0 Å². The summed E-state index contributed by atoms with van der Waals surface area (Å²) >= 11 is 1.36. The molecule has 19 heavy (non-hydrogen) atoms. The maximum absolute atomic E-state index is 12.1. The molecule has 1 rings (SSSR count). The van der Waals surface area contributed by atoms with Crippen molar-refractivity contribution in [2.24, 2.45) is 0 Å². The van der Waals surface area contributed by atoms with Gasteiger partial charge in [-0.15, -0.1) is 0 Å². The molecule has 0 aliphatic rings. The molecule has 0 bridgehead atoms. The van der Waals surface area contributed by atoms with E-state index in [4.69, 9.17) is 0 Å². The van der Waals surface area contributed by atoms with E-state index in [-0.39, 0.29) is 21.6 Å². The van der Waals surface area contributed by atoms with Gasteiger partial charge in [0.2, 0.25) is 0 Å². The molecule has 0 aliphatic carbocycles. The van der Waals surface area contributed by atoms with E-state index in [2.05, 4.69) is 0 Å². The lowest BCUT2D eigenvalue weighted by Crippen LogP contribution is -2.15. The smallest absolute Gasteiger partial charge is 0.190 e. The van der Waals surface area contributed by atoms with E-state index < -0.39 is 0 Å². The van der Waals surface area contributed by atoms with Crippen molar-refractivity contribution in [3.05, 3.63) is 35.9 Å². The first-order chi connectivity index (χ1) is 8.78. The Hall–Kier alpha value is -1.09. The number of ketones is 1. The van der Waals surface area contributed by atoms with Crippen LogP contribution in [0.5, 0.6) is 0 Å². The zero-order chi connectivity index (χ0) is 14.5. The van der Waals surface area contributed by atoms with Crippen molar-refractivity contribution in [1.82, 2.24) is 0 Å². The average Bonchev–Trinajstić information content (AvgIpc) is 2.26. The standard InChI is InChI=1S/C16H22O2S/c1-12(17)10-14(13-8-6-5-7-9-13)11-15(18)19-16(2,3)4/h5-9,14H,10-11H2,1-4H3/t14-/m0/s1. The third kappa shape index (κ3) is 6.58. The van der Waals surface area contributed by atoms with E-state index in [9.17, 15) is 9.59 Å². The van der Waals surface area contributed by atoms with Crippen LogP contribution in [0.1, 0.15) is 52.0 Å². The summed E-state index contributed by atoms with van der Waals surface area (Å²) in [6, 6.07) is 9.82.